The first-order valence-corrected chi connectivity index (χ1v) is 13.5. The van der Waals surface area contributed by atoms with Crippen molar-refractivity contribution in [2.75, 3.05) is 27.4 Å². The number of benzene rings is 1. The van der Waals surface area contributed by atoms with Crippen LogP contribution in [0.2, 0.25) is 0 Å². The molecule has 8 heteroatoms. The molecule has 3 aliphatic rings. The molecule has 7 nitrogen and oxygen atoms in total. The van der Waals surface area contributed by atoms with E-state index in [1.807, 2.05) is 5.40 Å². The smallest absolute Gasteiger partial charge is 0.172 e. The number of aromatic hydroxyl groups is 1. The Bertz CT molecular complexity index is 1180. The van der Waals surface area contributed by atoms with Gasteiger partial charge in [0.2, 0.25) is 0 Å². The number of thiocyanates is 1. The Labute approximate surface area is 223 Å². The molecule has 4 rings (SSSR count). The first kappa shape index (κ1) is 27.3. The number of hydrogen-bond donors (Lipinski definition) is 1. The largest absolute Gasteiger partial charge is 0.503 e. The van der Waals surface area contributed by atoms with E-state index in [0.717, 1.165) is 42.4 Å². The maximum atomic E-state index is 13.9. The zero-order chi connectivity index (χ0) is 27.1. The van der Waals surface area contributed by atoms with E-state index in [9.17, 15) is 20.0 Å². The lowest BCUT2D eigenvalue weighted by atomic mass is 9.63. The second-order valence-corrected chi connectivity index (χ2v) is 12.6. The lowest BCUT2D eigenvalue weighted by Gasteiger charge is -2.49. The lowest BCUT2D eigenvalue weighted by Crippen LogP contribution is -2.44. The van der Waals surface area contributed by atoms with Gasteiger partial charge in [0.05, 0.1) is 12.0 Å². The Morgan fingerprint density at radius 3 is 2.08 bits per heavy atom. The van der Waals surface area contributed by atoms with Crippen molar-refractivity contribution in [3.05, 3.63) is 40.2 Å². The second kappa shape index (κ2) is 10.2. The number of carbonyl (C=O) groups excluding carboxylic acids is 2. The van der Waals surface area contributed by atoms with E-state index in [4.69, 9.17) is 9.47 Å². The number of hydrogen-bond acceptors (Lipinski definition) is 8. The fraction of sp³-hybridized carbons (Fsp3) is 0.552. The number of carbonyl (C=O) groups is 2. The van der Waals surface area contributed by atoms with Crippen molar-refractivity contribution >= 4 is 23.3 Å². The van der Waals surface area contributed by atoms with E-state index < -0.39 is 5.92 Å². The number of thioether (sulfide) groups is 1. The molecule has 0 bridgehead atoms. The van der Waals surface area contributed by atoms with Gasteiger partial charge in [0, 0.05) is 61.6 Å². The molecule has 0 fully saturated rings. The van der Waals surface area contributed by atoms with Crippen LogP contribution in [0.3, 0.4) is 0 Å². The molecule has 37 heavy (non-hydrogen) atoms. The number of nitriles is 1. The Kier molecular flexibility index (Phi) is 7.51. The predicted molar refractivity (Wildman–Crippen MR) is 142 cm³/mol. The van der Waals surface area contributed by atoms with Crippen molar-refractivity contribution in [2.24, 2.45) is 10.8 Å². The van der Waals surface area contributed by atoms with Gasteiger partial charge < -0.3 is 19.5 Å². The van der Waals surface area contributed by atoms with E-state index in [1.165, 1.54) is 7.11 Å². The number of methoxy groups -OCH3 is 2. The SMILES string of the molecule is COCCCN1C2=C(C(=O)CC(C)(C)C2)C(c2cc(OC)c(O)c(SC#N)c2)C2=C1CC(C)(C)CC2=O. The van der Waals surface area contributed by atoms with Crippen molar-refractivity contribution in [1.29, 1.82) is 5.26 Å². The lowest BCUT2D eigenvalue weighted by molar-refractivity contribution is -0.119. The highest BCUT2D eigenvalue weighted by Gasteiger charge is 2.49. The van der Waals surface area contributed by atoms with E-state index in [1.54, 1.807) is 19.2 Å². The molecule has 1 N–H and O–H groups in total. The molecule has 0 aromatic heterocycles. The molecule has 0 spiro atoms. The first-order chi connectivity index (χ1) is 17.4. The van der Waals surface area contributed by atoms with Gasteiger partial charge in [0.25, 0.3) is 0 Å². The summed E-state index contributed by atoms with van der Waals surface area (Å²) in [6.45, 7) is 9.71. The van der Waals surface area contributed by atoms with Crippen LogP contribution in [0.1, 0.15) is 71.3 Å². The Balaban J connectivity index is 2.01. The number of ketones is 2. The maximum Gasteiger partial charge on any atom is 0.172 e. The highest BCUT2D eigenvalue weighted by Crippen LogP contribution is 2.55. The summed E-state index contributed by atoms with van der Waals surface area (Å²) in [5, 5.41) is 22.0. The average Bonchev–Trinajstić information content (AvgIpc) is 2.79. The molecule has 0 saturated carbocycles. The number of ether oxygens (including phenoxy) is 2. The van der Waals surface area contributed by atoms with Gasteiger partial charge in [0.15, 0.2) is 23.1 Å². The van der Waals surface area contributed by atoms with Crippen LogP contribution in [-0.4, -0.2) is 48.9 Å². The minimum absolute atomic E-state index is 0.0405. The topological polar surface area (TPSA) is 99.9 Å². The van der Waals surface area contributed by atoms with Gasteiger partial charge in [-0.25, -0.2) is 0 Å². The van der Waals surface area contributed by atoms with Gasteiger partial charge in [-0.3, -0.25) is 9.59 Å². The molecule has 1 heterocycles. The van der Waals surface area contributed by atoms with Gasteiger partial charge in [-0.15, -0.1) is 0 Å². The van der Waals surface area contributed by atoms with Gasteiger partial charge in [-0.2, -0.15) is 5.26 Å². The molecule has 1 aromatic rings. The van der Waals surface area contributed by atoms with Crippen LogP contribution in [0.25, 0.3) is 0 Å². The van der Waals surface area contributed by atoms with Crippen LogP contribution in [0.5, 0.6) is 11.5 Å². The van der Waals surface area contributed by atoms with Crippen LogP contribution < -0.4 is 4.74 Å². The average molecular weight is 525 g/mol. The standard InChI is InChI=1S/C29H36N2O5S/c1-28(2)12-18-25(20(32)14-28)24(17-10-22(36-6)27(34)23(11-17)37-16-30)26-19(31(18)8-7-9-35-5)13-29(3,4)15-21(26)33/h10-11,24,34H,7-9,12-15H2,1-6H3. The van der Waals surface area contributed by atoms with Crippen molar-refractivity contribution in [2.45, 2.75) is 70.6 Å². The summed E-state index contributed by atoms with van der Waals surface area (Å²) in [6.07, 6.45) is 3.00. The van der Waals surface area contributed by atoms with Gasteiger partial charge in [-0.1, -0.05) is 27.7 Å². The van der Waals surface area contributed by atoms with E-state index in [0.29, 0.717) is 47.6 Å². The summed E-state index contributed by atoms with van der Waals surface area (Å²) >= 11 is 0.833. The van der Waals surface area contributed by atoms with Gasteiger partial charge >= 0.3 is 0 Å². The minimum atomic E-state index is -0.566. The zero-order valence-corrected chi connectivity index (χ0v) is 23.4. The predicted octanol–water partition coefficient (Wildman–Crippen LogP) is 5.70. The summed E-state index contributed by atoms with van der Waals surface area (Å²) in [5.41, 5.74) is 3.54. The fourth-order valence-electron chi connectivity index (χ4n) is 6.07. The number of allylic oxidation sites excluding steroid dienone is 4. The molecule has 1 aliphatic heterocycles. The fourth-order valence-corrected chi connectivity index (χ4v) is 6.56. The number of Topliss-reactive ketones (excluding diaryl/α,β-unsaturated/α-hetero) is 2. The molecule has 0 saturated heterocycles. The quantitative estimate of drug-likeness (QED) is 0.276. The normalized spacial score (nSPS) is 21.1. The van der Waals surface area contributed by atoms with Crippen LogP contribution in [0, 0.1) is 21.5 Å². The molecule has 2 aliphatic carbocycles. The summed E-state index contributed by atoms with van der Waals surface area (Å²) in [4.78, 5) is 30.3. The maximum absolute atomic E-state index is 13.9. The van der Waals surface area contributed by atoms with Gasteiger partial charge in [-0.05, 0) is 59.6 Å². The molecule has 1 aromatic carbocycles. The van der Waals surface area contributed by atoms with Crippen molar-refractivity contribution in [3.8, 4) is 16.9 Å². The van der Waals surface area contributed by atoms with Gasteiger partial charge in [0.1, 0.15) is 5.40 Å². The third-order valence-corrected chi connectivity index (χ3v) is 8.15. The monoisotopic (exact) mass is 524 g/mol. The summed E-state index contributed by atoms with van der Waals surface area (Å²) in [7, 11) is 3.13. The molecule has 0 radical (unpaired) electrons. The molecule has 198 valence electrons. The third kappa shape index (κ3) is 5.17. The minimum Gasteiger partial charge on any atom is -0.503 e. The molecular formula is C29H36N2O5S. The molecule has 0 amide bonds. The van der Waals surface area contributed by atoms with E-state index in [2.05, 4.69) is 32.6 Å². The van der Waals surface area contributed by atoms with E-state index >= 15 is 0 Å². The van der Waals surface area contributed by atoms with E-state index in [-0.39, 0.29) is 33.9 Å². The number of phenolic OH excluding ortho intramolecular Hbond substituents is 1. The number of rotatable bonds is 7. The highest BCUT2D eigenvalue weighted by molar-refractivity contribution is 8.03. The molecule has 0 unspecified atom stereocenters. The number of phenols is 1. The summed E-state index contributed by atoms with van der Waals surface area (Å²) in [6, 6.07) is 3.43. The molecule has 0 atom stereocenters. The highest BCUT2D eigenvalue weighted by atomic mass is 32.2. The Morgan fingerprint density at radius 2 is 1.59 bits per heavy atom. The Hall–Kier alpha value is -2.76. The zero-order valence-electron chi connectivity index (χ0n) is 22.6. The van der Waals surface area contributed by atoms with Crippen LogP contribution in [-0.2, 0) is 14.3 Å². The summed E-state index contributed by atoms with van der Waals surface area (Å²) < 4.78 is 10.8. The first-order valence-electron chi connectivity index (χ1n) is 12.7. The van der Waals surface area contributed by atoms with Crippen molar-refractivity contribution in [3.63, 3.8) is 0 Å². The van der Waals surface area contributed by atoms with Crippen LogP contribution in [0.15, 0.2) is 39.6 Å². The van der Waals surface area contributed by atoms with Crippen LogP contribution in [0.4, 0.5) is 0 Å². The van der Waals surface area contributed by atoms with Crippen LogP contribution >= 0.6 is 11.8 Å². The van der Waals surface area contributed by atoms with Crippen molar-refractivity contribution < 1.29 is 24.2 Å². The third-order valence-electron chi connectivity index (χ3n) is 7.52. The Morgan fingerprint density at radius 1 is 1.03 bits per heavy atom. The second-order valence-electron chi connectivity index (χ2n) is 11.8. The number of nitrogens with zero attached hydrogens (tertiary/aromatic N) is 2. The van der Waals surface area contributed by atoms with Crippen molar-refractivity contribution in [1.82, 2.24) is 4.90 Å². The molecular weight excluding hydrogens is 488 g/mol. The summed E-state index contributed by atoms with van der Waals surface area (Å²) in [5.74, 6) is -0.388.